The van der Waals surface area contributed by atoms with Crippen molar-refractivity contribution in [2.75, 3.05) is 20.6 Å². The zero-order valence-electron chi connectivity index (χ0n) is 15.0. The van der Waals surface area contributed by atoms with Crippen molar-refractivity contribution >= 4 is 28.6 Å². The number of hydrogen-bond donors (Lipinski definition) is 1. The standard InChI is InChI=1S/C20H23N3OS2/c1-23(2)17(18-9-6-12-25-18)13-21-19(24)10-11-20-22-16(14-26-20)15-7-4-3-5-8-15/h3-9,12,14,17H,10-11,13H2,1-2H3,(H,21,24). The van der Waals surface area contributed by atoms with Crippen molar-refractivity contribution in [1.29, 1.82) is 0 Å². The summed E-state index contributed by atoms with van der Waals surface area (Å²) in [5, 5.41) is 8.19. The molecule has 4 nitrogen and oxygen atoms in total. The average molecular weight is 386 g/mol. The van der Waals surface area contributed by atoms with Gasteiger partial charge >= 0.3 is 0 Å². The van der Waals surface area contributed by atoms with Crippen LogP contribution in [-0.2, 0) is 11.2 Å². The summed E-state index contributed by atoms with van der Waals surface area (Å²) >= 11 is 3.34. The summed E-state index contributed by atoms with van der Waals surface area (Å²) in [6.07, 6.45) is 1.14. The van der Waals surface area contributed by atoms with Gasteiger partial charge in [0.15, 0.2) is 0 Å². The number of likely N-dealkylation sites (N-methyl/N-ethyl adjacent to an activating group) is 1. The van der Waals surface area contributed by atoms with Crippen molar-refractivity contribution in [3.8, 4) is 11.3 Å². The first-order valence-electron chi connectivity index (χ1n) is 8.60. The van der Waals surface area contributed by atoms with Crippen LogP contribution in [-0.4, -0.2) is 36.4 Å². The third-order valence-electron chi connectivity index (χ3n) is 4.17. The first kappa shape index (κ1) is 18.8. The molecule has 3 rings (SSSR count). The molecule has 0 aliphatic carbocycles. The lowest BCUT2D eigenvalue weighted by atomic mass is 10.2. The molecular weight excluding hydrogens is 362 g/mol. The van der Waals surface area contributed by atoms with E-state index in [0.29, 0.717) is 19.4 Å². The fraction of sp³-hybridized carbons (Fsp3) is 0.300. The Morgan fingerprint density at radius 1 is 1.15 bits per heavy atom. The Kier molecular flexibility index (Phi) is 6.55. The van der Waals surface area contributed by atoms with Crippen molar-refractivity contribution < 1.29 is 4.79 Å². The van der Waals surface area contributed by atoms with Gasteiger partial charge in [-0.1, -0.05) is 36.4 Å². The predicted molar refractivity (Wildman–Crippen MR) is 110 cm³/mol. The minimum atomic E-state index is 0.0740. The van der Waals surface area contributed by atoms with Gasteiger partial charge in [-0.2, -0.15) is 0 Å². The van der Waals surface area contributed by atoms with E-state index in [9.17, 15) is 4.79 Å². The highest BCUT2D eigenvalue weighted by molar-refractivity contribution is 7.10. The van der Waals surface area contributed by atoms with E-state index in [0.717, 1.165) is 16.3 Å². The Labute approximate surface area is 162 Å². The molecule has 0 radical (unpaired) electrons. The molecule has 26 heavy (non-hydrogen) atoms. The van der Waals surface area contributed by atoms with Crippen LogP contribution in [0.25, 0.3) is 11.3 Å². The summed E-state index contributed by atoms with van der Waals surface area (Å²) in [5.41, 5.74) is 2.10. The minimum Gasteiger partial charge on any atom is -0.354 e. The van der Waals surface area contributed by atoms with Crippen LogP contribution < -0.4 is 5.32 Å². The molecule has 0 saturated carbocycles. The minimum absolute atomic E-state index is 0.0740. The number of nitrogens with one attached hydrogen (secondary N) is 1. The Balaban J connectivity index is 1.49. The molecule has 0 aliphatic rings. The summed E-state index contributed by atoms with van der Waals surface area (Å²) < 4.78 is 0. The highest BCUT2D eigenvalue weighted by atomic mass is 32.1. The Hall–Kier alpha value is -2.02. The highest BCUT2D eigenvalue weighted by Crippen LogP contribution is 2.23. The van der Waals surface area contributed by atoms with Gasteiger partial charge in [0.1, 0.15) is 0 Å². The third kappa shape index (κ3) is 5.00. The molecule has 0 fully saturated rings. The maximum absolute atomic E-state index is 12.2. The van der Waals surface area contributed by atoms with Gasteiger partial charge in [-0.3, -0.25) is 4.79 Å². The van der Waals surface area contributed by atoms with Crippen LogP contribution in [0.4, 0.5) is 0 Å². The lowest BCUT2D eigenvalue weighted by Crippen LogP contribution is -2.34. The third-order valence-corrected chi connectivity index (χ3v) is 6.06. The van der Waals surface area contributed by atoms with Crippen molar-refractivity contribution in [3.63, 3.8) is 0 Å². The van der Waals surface area contributed by atoms with Crippen LogP contribution in [0.1, 0.15) is 22.3 Å². The number of amides is 1. The van der Waals surface area contributed by atoms with E-state index in [1.807, 2.05) is 38.4 Å². The molecule has 0 aliphatic heterocycles. The molecule has 6 heteroatoms. The summed E-state index contributed by atoms with van der Waals surface area (Å²) in [4.78, 5) is 20.3. The predicted octanol–water partition coefficient (Wildman–Crippen LogP) is 4.22. The average Bonchev–Trinajstić information content (AvgIpc) is 3.33. The van der Waals surface area contributed by atoms with Crippen molar-refractivity contribution in [3.05, 3.63) is 63.1 Å². The Bertz CT molecular complexity index is 813. The van der Waals surface area contributed by atoms with Crippen LogP contribution in [0, 0.1) is 0 Å². The van der Waals surface area contributed by atoms with Crippen LogP contribution >= 0.6 is 22.7 Å². The zero-order chi connectivity index (χ0) is 18.4. The fourth-order valence-electron chi connectivity index (χ4n) is 2.71. The molecule has 136 valence electrons. The van der Waals surface area contributed by atoms with E-state index in [1.54, 1.807) is 22.7 Å². The number of rotatable bonds is 8. The van der Waals surface area contributed by atoms with E-state index in [-0.39, 0.29) is 11.9 Å². The number of thiophene rings is 1. The van der Waals surface area contributed by atoms with Crippen LogP contribution in [0.5, 0.6) is 0 Å². The van der Waals surface area contributed by atoms with Gasteiger partial charge in [-0.15, -0.1) is 22.7 Å². The molecule has 1 aromatic carbocycles. The first-order chi connectivity index (χ1) is 12.6. The molecule has 1 amide bonds. The number of benzene rings is 1. The SMILES string of the molecule is CN(C)C(CNC(=O)CCc1nc(-c2ccccc2)cs1)c1cccs1. The number of thiazole rings is 1. The van der Waals surface area contributed by atoms with E-state index in [4.69, 9.17) is 0 Å². The monoisotopic (exact) mass is 385 g/mol. The second-order valence-corrected chi connectivity index (χ2v) is 8.21. The zero-order valence-corrected chi connectivity index (χ0v) is 16.6. The molecular formula is C20H23N3OS2. The lowest BCUT2D eigenvalue weighted by molar-refractivity contribution is -0.121. The van der Waals surface area contributed by atoms with E-state index < -0.39 is 0 Å². The molecule has 1 unspecified atom stereocenters. The molecule has 2 heterocycles. The summed E-state index contributed by atoms with van der Waals surface area (Å²) in [6, 6.07) is 14.5. The molecule has 0 saturated heterocycles. The van der Waals surface area contributed by atoms with Gasteiger partial charge in [0.25, 0.3) is 0 Å². The van der Waals surface area contributed by atoms with Gasteiger partial charge in [0.05, 0.1) is 16.7 Å². The maximum Gasteiger partial charge on any atom is 0.220 e. The smallest absolute Gasteiger partial charge is 0.220 e. The number of nitrogens with zero attached hydrogens (tertiary/aromatic N) is 2. The summed E-state index contributed by atoms with van der Waals surface area (Å²) in [5.74, 6) is 0.0740. The number of aromatic nitrogens is 1. The van der Waals surface area contributed by atoms with E-state index >= 15 is 0 Å². The normalized spacial score (nSPS) is 12.3. The fourth-order valence-corrected chi connectivity index (χ4v) is 4.44. The molecule has 1 N–H and O–H groups in total. The molecule has 0 spiro atoms. The van der Waals surface area contributed by atoms with Gasteiger partial charge in [-0.05, 0) is 25.5 Å². The topological polar surface area (TPSA) is 45.2 Å². The largest absolute Gasteiger partial charge is 0.354 e. The maximum atomic E-state index is 12.2. The van der Waals surface area contributed by atoms with E-state index in [2.05, 4.69) is 44.2 Å². The molecule has 2 aromatic heterocycles. The number of hydrogen-bond acceptors (Lipinski definition) is 5. The number of carbonyl (C=O) groups is 1. The Morgan fingerprint density at radius 3 is 2.65 bits per heavy atom. The molecule has 0 bridgehead atoms. The first-order valence-corrected chi connectivity index (χ1v) is 10.4. The van der Waals surface area contributed by atoms with E-state index in [1.165, 1.54) is 4.88 Å². The van der Waals surface area contributed by atoms with Gasteiger partial charge in [-0.25, -0.2) is 4.98 Å². The van der Waals surface area contributed by atoms with Crippen LogP contribution in [0.2, 0.25) is 0 Å². The van der Waals surface area contributed by atoms with Gasteiger partial charge < -0.3 is 10.2 Å². The van der Waals surface area contributed by atoms with Gasteiger partial charge in [0, 0.05) is 35.2 Å². The second kappa shape index (κ2) is 9.07. The second-order valence-electron chi connectivity index (χ2n) is 6.29. The van der Waals surface area contributed by atoms with Crippen LogP contribution in [0.15, 0.2) is 53.2 Å². The van der Waals surface area contributed by atoms with Crippen LogP contribution in [0.3, 0.4) is 0 Å². The highest BCUT2D eigenvalue weighted by Gasteiger charge is 2.16. The molecule has 3 aromatic rings. The Morgan fingerprint density at radius 2 is 1.96 bits per heavy atom. The number of aryl methyl sites for hydroxylation is 1. The van der Waals surface area contributed by atoms with Gasteiger partial charge in [0.2, 0.25) is 5.91 Å². The molecule has 1 atom stereocenters. The summed E-state index contributed by atoms with van der Waals surface area (Å²) in [7, 11) is 4.08. The van der Waals surface area contributed by atoms with Crippen molar-refractivity contribution in [2.24, 2.45) is 0 Å². The summed E-state index contributed by atoms with van der Waals surface area (Å²) in [6.45, 7) is 0.624. The number of carbonyl (C=O) groups excluding carboxylic acids is 1. The quantitative estimate of drug-likeness (QED) is 0.631. The van der Waals surface area contributed by atoms with Crippen molar-refractivity contribution in [1.82, 2.24) is 15.2 Å². The van der Waals surface area contributed by atoms with Crippen molar-refractivity contribution in [2.45, 2.75) is 18.9 Å². The lowest BCUT2D eigenvalue weighted by Gasteiger charge is -2.23.